The van der Waals surface area contributed by atoms with Crippen molar-refractivity contribution in [2.24, 2.45) is 10.7 Å². The number of ether oxygens (including phenoxy) is 3. The summed E-state index contributed by atoms with van der Waals surface area (Å²) in [6, 6.07) is 32.1. The summed E-state index contributed by atoms with van der Waals surface area (Å²) >= 11 is 6.97. The summed E-state index contributed by atoms with van der Waals surface area (Å²) in [6.07, 6.45) is 0. The van der Waals surface area contributed by atoms with E-state index in [4.69, 9.17) is 19.9 Å². The van der Waals surface area contributed by atoms with Crippen LogP contribution in [0.25, 0.3) is 5.57 Å². The fraction of sp³-hybridized carbons (Fsp3) is 0.129. The van der Waals surface area contributed by atoms with Crippen LogP contribution in [0.15, 0.2) is 118 Å². The Morgan fingerprint density at radius 2 is 1.37 bits per heavy atom. The lowest BCUT2D eigenvalue weighted by Crippen LogP contribution is -2.27. The Balaban J connectivity index is 0.000000181. The van der Waals surface area contributed by atoms with Crippen molar-refractivity contribution in [3.8, 4) is 11.5 Å². The van der Waals surface area contributed by atoms with E-state index in [1.54, 1.807) is 14.2 Å². The topological polar surface area (TPSA) is 66.1 Å². The number of aliphatic imine (C=N–C) groups is 1. The number of hydrogen-bond donors (Lipinski definition) is 1. The summed E-state index contributed by atoms with van der Waals surface area (Å²) in [5.41, 5.74) is 10.4. The van der Waals surface area contributed by atoms with Crippen LogP contribution in [-0.2, 0) is 10.3 Å². The first-order valence-electron chi connectivity index (χ1n) is 11.8. The largest absolute Gasteiger partial charge is 0.497 e. The summed E-state index contributed by atoms with van der Waals surface area (Å²) in [5.74, 6) is 1.66. The Morgan fingerprint density at radius 1 is 0.789 bits per heavy atom. The molecule has 0 bridgehead atoms. The number of methoxy groups -OCH3 is 2. The molecule has 0 aliphatic carbocycles. The highest BCUT2D eigenvalue weighted by Gasteiger charge is 2.40. The molecular weight excluding hydrogens is 608 g/mol. The van der Waals surface area contributed by atoms with Gasteiger partial charge in [0.2, 0.25) is 0 Å². The Hall–Kier alpha value is -3.55. The molecule has 4 aromatic carbocycles. The van der Waals surface area contributed by atoms with E-state index < -0.39 is 5.54 Å². The van der Waals surface area contributed by atoms with Crippen molar-refractivity contribution in [1.82, 2.24) is 0 Å². The molecule has 0 amide bonds. The monoisotopic (exact) mass is 634 g/mol. The average Bonchev–Trinajstić information content (AvgIpc) is 3.36. The van der Waals surface area contributed by atoms with Crippen LogP contribution < -0.4 is 15.2 Å². The molecule has 0 aromatic heterocycles. The quantitative estimate of drug-likeness (QED) is 0.237. The number of benzene rings is 4. The first-order valence-corrected chi connectivity index (χ1v) is 13.4. The fourth-order valence-corrected chi connectivity index (χ4v) is 4.94. The third kappa shape index (κ3) is 6.29. The third-order valence-electron chi connectivity index (χ3n) is 6.21. The van der Waals surface area contributed by atoms with E-state index in [1.807, 2.05) is 84.9 Å². The predicted molar refractivity (Wildman–Crippen MR) is 161 cm³/mol. The molecular formula is C31H28Br2N2O3. The van der Waals surface area contributed by atoms with Crippen molar-refractivity contribution < 1.29 is 14.2 Å². The molecule has 1 unspecified atom stereocenters. The Labute approximate surface area is 240 Å². The van der Waals surface area contributed by atoms with E-state index >= 15 is 0 Å². The van der Waals surface area contributed by atoms with Gasteiger partial charge in [0.05, 0.1) is 14.2 Å². The first-order chi connectivity index (χ1) is 18.3. The zero-order valence-corrected chi connectivity index (χ0v) is 24.3. The van der Waals surface area contributed by atoms with Crippen LogP contribution in [0.5, 0.6) is 11.5 Å². The van der Waals surface area contributed by atoms with Crippen LogP contribution in [-0.4, -0.2) is 26.8 Å². The van der Waals surface area contributed by atoms with Gasteiger partial charge in [-0.15, -0.1) is 0 Å². The Bertz CT molecular complexity index is 1440. The number of nitrogens with zero attached hydrogens (tertiary/aromatic N) is 1. The third-order valence-corrected chi connectivity index (χ3v) is 7.20. The van der Waals surface area contributed by atoms with Gasteiger partial charge in [-0.3, -0.25) is 0 Å². The lowest BCUT2D eigenvalue weighted by Gasteiger charge is -2.25. The average molecular weight is 636 g/mol. The lowest BCUT2D eigenvalue weighted by molar-refractivity contribution is 0.278. The van der Waals surface area contributed by atoms with E-state index in [0.717, 1.165) is 48.3 Å². The molecule has 0 spiro atoms. The van der Waals surface area contributed by atoms with E-state index in [9.17, 15) is 0 Å². The van der Waals surface area contributed by atoms with E-state index in [1.165, 1.54) is 0 Å². The highest BCUT2D eigenvalue weighted by Crippen LogP contribution is 2.39. The molecule has 0 fully saturated rings. The van der Waals surface area contributed by atoms with Crippen LogP contribution in [0, 0.1) is 0 Å². The number of rotatable bonds is 6. The van der Waals surface area contributed by atoms with Crippen LogP contribution >= 0.6 is 31.9 Å². The van der Waals surface area contributed by atoms with Crippen molar-refractivity contribution in [3.05, 3.63) is 135 Å². The highest BCUT2D eigenvalue weighted by atomic mass is 79.9. The predicted octanol–water partition coefficient (Wildman–Crippen LogP) is 7.57. The molecule has 5 rings (SSSR count). The molecule has 38 heavy (non-hydrogen) atoms. The number of hydrogen-bond acceptors (Lipinski definition) is 5. The molecule has 7 heteroatoms. The van der Waals surface area contributed by atoms with Gasteiger partial charge in [0.15, 0.2) is 5.54 Å². The molecule has 194 valence electrons. The minimum atomic E-state index is -0.611. The second kappa shape index (κ2) is 12.3. The molecule has 1 aliphatic heterocycles. The molecule has 0 saturated carbocycles. The molecule has 1 aliphatic rings. The van der Waals surface area contributed by atoms with Gasteiger partial charge in [-0.2, -0.15) is 0 Å². The maximum Gasteiger partial charge on any atom is 0.283 e. The van der Waals surface area contributed by atoms with E-state index in [0.29, 0.717) is 6.61 Å². The Morgan fingerprint density at radius 3 is 1.89 bits per heavy atom. The maximum absolute atomic E-state index is 5.77. The summed E-state index contributed by atoms with van der Waals surface area (Å²) in [5, 5.41) is 0. The van der Waals surface area contributed by atoms with Crippen LogP contribution in [0.2, 0.25) is 0 Å². The van der Waals surface area contributed by atoms with Crippen molar-refractivity contribution in [3.63, 3.8) is 0 Å². The minimum Gasteiger partial charge on any atom is -0.497 e. The van der Waals surface area contributed by atoms with Gasteiger partial charge >= 0.3 is 0 Å². The zero-order chi connectivity index (χ0) is 27.1. The maximum atomic E-state index is 5.77. The van der Waals surface area contributed by atoms with E-state index in [-0.39, 0.29) is 6.02 Å². The van der Waals surface area contributed by atoms with Crippen LogP contribution in [0.4, 0.5) is 0 Å². The number of amidine groups is 1. The number of nitrogens with two attached hydrogens (primary N) is 1. The van der Waals surface area contributed by atoms with Crippen molar-refractivity contribution in [1.29, 1.82) is 0 Å². The second-order valence-electron chi connectivity index (χ2n) is 8.56. The SMILES string of the molecule is C=C(c1ccc(OC)cc1)c1cccc(Br)c1.COc1ccc(C2(c3cccc(Br)c3)COC(N)=N2)cc1. The van der Waals surface area contributed by atoms with E-state index in [2.05, 4.69) is 55.6 Å². The smallest absolute Gasteiger partial charge is 0.283 e. The molecule has 1 atom stereocenters. The fourth-order valence-electron chi connectivity index (χ4n) is 4.14. The molecule has 0 saturated heterocycles. The minimum absolute atomic E-state index is 0.214. The molecule has 5 nitrogen and oxygen atoms in total. The Kier molecular flexibility index (Phi) is 8.92. The van der Waals surface area contributed by atoms with Gasteiger partial charge in [0.1, 0.15) is 18.1 Å². The van der Waals surface area contributed by atoms with Gasteiger partial charge in [-0.1, -0.05) is 87.0 Å². The van der Waals surface area contributed by atoms with Crippen LogP contribution in [0.1, 0.15) is 22.3 Å². The van der Waals surface area contributed by atoms with Gasteiger partial charge in [-0.05, 0) is 76.4 Å². The highest BCUT2D eigenvalue weighted by molar-refractivity contribution is 9.10. The van der Waals surface area contributed by atoms with Crippen molar-refractivity contribution in [2.75, 3.05) is 20.8 Å². The van der Waals surface area contributed by atoms with Gasteiger partial charge in [0.25, 0.3) is 6.02 Å². The molecule has 4 aromatic rings. The summed E-state index contributed by atoms with van der Waals surface area (Å²) < 4.78 is 17.9. The standard InChI is InChI=1S/C16H15BrN2O2.C15H13BrO/c1-20-14-7-5-11(6-8-14)16(10-21-15(18)19-16)12-3-2-4-13(17)9-12;1-11(13-4-3-5-14(16)10-13)12-6-8-15(17-2)9-7-12/h2-9H,10H2,1H3,(H2,18,19);3-10H,1H2,2H3. The first kappa shape index (κ1) is 27.5. The van der Waals surface area contributed by atoms with Gasteiger partial charge < -0.3 is 19.9 Å². The zero-order valence-electron chi connectivity index (χ0n) is 21.2. The summed E-state index contributed by atoms with van der Waals surface area (Å²) in [4.78, 5) is 4.57. The van der Waals surface area contributed by atoms with Crippen molar-refractivity contribution >= 4 is 43.5 Å². The molecule has 1 heterocycles. The normalized spacial score (nSPS) is 15.9. The second-order valence-corrected chi connectivity index (χ2v) is 10.4. The van der Waals surface area contributed by atoms with Gasteiger partial charge in [0, 0.05) is 8.95 Å². The van der Waals surface area contributed by atoms with Crippen molar-refractivity contribution in [2.45, 2.75) is 5.54 Å². The summed E-state index contributed by atoms with van der Waals surface area (Å²) in [6.45, 7) is 4.52. The number of halogens is 2. The molecule has 2 N–H and O–H groups in total. The van der Waals surface area contributed by atoms with Gasteiger partial charge in [-0.25, -0.2) is 4.99 Å². The molecule has 0 radical (unpaired) electrons. The summed E-state index contributed by atoms with van der Waals surface area (Å²) in [7, 11) is 3.31. The van der Waals surface area contributed by atoms with Crippen LogP contribution in [0.3, 0.4) is 0 Å². The lowest BCUT2D eigenvalue weighted by atomic mass is 9.84.